The largest absolute Gasteiger partial charge is 0.416 e. The number of nitrogens with zero attached hydrogens (tertiary/aromatic N) is 1. The van der Waals surface area contributed by atoms with Gasteiger partial charge in [0.15, 0.2) is 0 Å². The van der Waals surface area contributed by atoms with Crippen LogP contribution in [0.2, 0.25) is 0 Å². The van der Waals surface area contributed by atoms with Gasteiger partial charge in [-0.1, -0.05) is 60.7 Å². The SMILES string of the molecule is O=C1C(c2ccccc2)/C(=C/c2ccccc2)N1c1ccc(C(F)(F)F)cc1. The lowest BCUT2D eigenvalue weighted by molar-refractivity contribution is -0.137. The summed E-state index contributed by atoms with van der Waals surface area (Å²) in [6, 6.07) is 23.6. The van der Waals surface area contributed by atoms with Crippen LogP contribution in [-0.2, 0) is 11.0 Å². The number of anilines is 1. The van der Waals surface area contributed by atoms with Crippen molar-refractivity contribution in [2.24, 2.45) is 0 Å². The first-order chi connectivity index (χ1) is 13.4. The van der Waals surface area contributed by atoms with E-state index in [9.17, 15) is 18.0 Å². The van der Waals surface area contributed by atoms with E-state index in [0.29, 0.717) is 5.69 Å². The summed E-state index contributed by atoms with van der Waals surface area (Å²) in [5, 5.41) is 0. The smallest absolute Gasteiger partial charge is 0.283 e. The molecule has 1 aliphatic heterocycles. The molecule has 4 rings (SSSR count). The molecule has 1 aliphatic rings. The van der Waals surface area contributed by atoms with Gasteiger partial charge in [0.05, 0.1) is 5.56 Å². The lowest BCUT2D eigenvalue weighted by Gasteiger charge is -2.42. The number of benzene rings is 3. The van der Waals surface area contributed by atoms with Gasteiger partial charge in [-0.25, -0.2) is 0 Å². The number of β-lactam (4-membered cyclic amide) rings is 1. The van der Waals surface area contributed by atoms with Crippen LogP contribution in [0.3, 0.4) is 0 Å². The summed E-state index contributed by atoms with van der Waals surface area (Å²) in [5.74, 6) is -0.600. The fourth-order valence-corrected chi connectivity index (χ4v) is 3.35. The molecule has 1 unspecified atom stereocenters. The molecule has 140 valence electrons. The summed E-state index contributed by atoms with van der Waals surface area (Å²) in [5.41, 5.74) is 2.20. The summed E-state index contributed by atoms with van der Waals surface area (Å²) in [6.45, 7) is 0. The highest BCUT2D eigenvalue weighted by atomic mass is 19.4. The van der Waals surface area contributed by atoms with Gasteiger partial charge < -0.3 is 0 Å². The Labute approximate surface area is 160 Å². The molecule has 1 amide bonds. The fourth-order valence-electron chi connectivity index (χ4n) is 3.35. The molecule has 0 N–H and O–H groups in total. The van der Waals surface area contributed by atoms with Crippen LogP contribution in [0.4, 0.5) is 18.9 Å². The van der Waals surface area contributed by atoms with Crippen molar-refractivity contribution >= 4 is 17.7 Å². The number of amides is 1. The molecule has 0 bridgehead atoms. The lowest BCUT2D eigenvalue weighted by atomic mass is 9.84. The predicted octanol–water partition coefficient (Wildman–Crippen LogP) is 5.88. The number of hydrogen-bond acceptors (Lipinski definition) is 1. The molecule has 1 saturated heterocycles. The highest BCUT2D eigenvalue weighted by Gasteiger charge is 2.44. The van der Waals surface area contributed by atoms with Crippen molar-refractivity contribution in [3.63, 3.8) is 0 Å². The van der Waals surface area contributed by atoms with Crippen LogP contribution in [0.1, 0.15) is 22.6 Å². The van der Waals surface area contributed by atoms with Gasteiger partial charge in [0.25, 0.3) is 0 Å². The molecule has 1 atom stereocenters. The van der Waals surface area contributed by atoms with Gasteiger partial charge in [-0.2, -0.15) is 13.2 Å². The second-order valence-electron chi connectivity index (χ2n) is 6.54. The molecule has 0 radical (unpaired) electrons. The summed E-state index contributed by atoms with van der Waals surface area (Å²) in [6.07, 6.45) is -2.51. The van der Waals surface area contributed by atoms with E-state index in [-0.39, 0.29) is 5.91 Å². The fraction of sp³-hybridized carbons (Fsp3) is 0.0870. The maximum atomic E-state index is 12.9. The second kappa shape index (κ2) is 7.00. The van der Waals surface area contributed by atoms with Crippen molar-refractivity contribution in [3.05, 3.63) is 107 Å². The summed E-state index contributed by atoms with van der Waals surface area (Å²) in [7, 11) is 0. The number of carbonyl (C=O) groups is 1. The number of hydrogen-bond donors (Lipinski definition) is 0. The highest BCUT2D eigenvalue weighted by molar-refractivity contribution is 6.13. The third kappa shape index (κ3) is 3.31. The molecule has 1 heterocycles. The molecule has 3 aromatic carbocycles. The number of alkyl halides is 3. The first-order valence-electron chi connectivity index (χ1n) is 8.78. The van der Waals surface area contributed by atoms with Crippen LogP contribution in [-0.4, -0.2) is 5.91 Å². The molecule has 2 nitrogen and oxygen atoms in total. The monoisotopic (exact) mass is 379 g/mol. The van der Waals surface area contributed by atoms with E-state index >= 15 is 0 Å². The average Bonchev–Trinajstić information content (AvgIpc) is 2.69. The van der Waals surface area contributed by atoms with E-state index in [2.05, 4.69) is 0 Å². The molecular formula is C23H16F3NO. The van der Waals surface area contributed by atoms with Gasteiger partial charge in [0, 0.05) is 11.4 Å². The summed E-state index contributed by atoms with van der Waals surface area (Å²) < 4.78 is 38.5. The molecular weight excluding hydrogens is 363 g/mol. The molecule has 1 fully saturated rings. The minimum absolute atomic E-state index is 0.159. The Balaban J connectivity index is 1.74. The van der Waals surface area contributed by atoms with Crippen molar-refractivity contribution < 1.29 is 18.0 Å². The average molecular weight is 379 g/mol. The van der Waals surface area contributed by atoms with E-state index in [4.69, 9.17) is 0 Å². The van der Waals surface area contributed by atoms with Gasteiger partial charge in [-0.05, 0) is 41.5 Å². The van der Waals surface area contributed by atoms with Crippen molar-refractivity contribution in [1.82, 2.24) is 0 Å². The molecule has 0 aromatic heterocycles. The normalized spacial score (nSPS) is 18.2. The molecule has 5 heteroatoms. The van der Waals surface area contributed by atoms with E-state index in [0.717, 1.165) is 29.0 Å². The molecule has 0 spiro atoms. The van der Waals surface area contributed by atoms with Crippen LogP contribution < -0.4 is 4.90 Å². The standard InChI is InChI=1S/C23H16F3NO/c24-23(25,26)18-11-13-19(14-12-18)27-20(15-16-7-3-1-4-8-16)21(22(27)28)17-9-5-2-6-10-17/h1-15,21H/b20-15-. The Hall–Kier alpha value is -3.34. The van der Waals surface area contributed by atoms with Gasteiger partial charge >= 0.3 is 6.18 Å². The first kappa shape index (κ1) is 18.0. The minimum Gasteiger partial charge on any atom is -0.283 e. The van der Waals surface area contributed by atoms with Crippen molar-refractivity contribution in [2.75, 3.05) is 4.90 Å². The number of rotatable bonds is 3. The third-order valence-corrected chi connectivity index (χ3v) is 4.72. The quantitative estimate of drug-likeness (QED) is 0.521. The molecule has 0 aliphatic carbocycles. The topological polar surface area (TPSA) is 20.3 Å². The maximum absolute atomic E-state index is 12.9. The van der Waals surface area contributed by atoms with Gasteiger partial charge in [0.2, 0.25) is 5.91 Å². The van der Waals surface area contributed by atoms with Crippen LogP contribution in [0, 0.1) is 0 Å². The Morgan fingerprint density at radius 3 is 1.93 bits per heavy atom. The van der Waals surface area contributed by atoms with Crippen LogP contribution in [0.15, 0.2) is 90.6 Å². The summed E-state index contributed by atoms with van der Waals surface area (Å²) in [4.78, 5) is 14.4. The maximum Gasteiger partial charge on any atom is 0.416 e. The summed E-state index contributed by atoms with van der Waals surface area (Å²) >= 11 is 0. The lowest BCUT2D eigenvalue weighted by Crippen LogP contribution is -2.48. The third-order valence-electron chi connectivity index (χ3n) is 4.72. The Kier molecular flexibility index (Phi) is 4.51. The zero-order chi connectivity index (χ0) is 19.7. The van der Waals surface area contributed by atoms with Gasteiger partial charge in [-0.15, -0.1) is 0 Å². The molecule has 28 heavy (non-hydrogen) atoms. The zero-order valence-corrected chi connectivity index (χ0v) is 14.7. The Morgan fingerprint density at radius 1 is 0.786 bits per heavy atom. The van der Waals surface area contributed by atoms with E-state index in [1.54, 1.807) is 0 Å². The minimum atomic E-state index is -4.41. The van der Waals surface area contributed by atoms with E-state index < -0.39 is 17.7 Å². The van der Waals surface area contributed by atoms with Crippen LogP contribution in [0.5, 0.6) is 0 Å². The van der Waals surface area contributed by atoms with Gasteiger partial charge in [-0.3, -0.25) is 9.69 Å². The number of carbonyl (C=O) groups excluding carboxylic acids is 1. The van der Waals surface area contributed by atoms with Crippen LogP contribution in [0.25, 0.3) is 6.08 Å². The predicted molar refractivity (Wildman–Crippen MR) is 103 cm³/mol. The van der Waals surface area contributed by atoms with Crippen molar-refractivity contribution in [2.45, 2.75) is 12.1 Å². The second-order valence-corrected chi connectivity index (χ2v) is 6.54. The molecule has 0 saturated carbocycles. The molecule has 3 aromatic rings. The van der Waals surface area contributed by atoms with Crippen molar-refractivity contribution in [3.8, 4) is 0 Å². The zero-order valence-electron chi connectivity index (χ0n) is 14.7. The highest BCUT2D eigenvalue weighted by Crippen LogP contribution is 2.44. The number of halogens is 3. The van der Waals surface area contributed by atoms with Gasteiger partial charge in [0.1, 0.15) is 5.92 Å². The van der Waals surface area contributed by atoms with Crippen molar-refractivity contribution in [1.29, 1.82) is 0 Å². The Morgan fingerprint density at radius 2 is 1.36 bits per heavy atom. The van der Waals surface area contributed by atoms with E-state index in [1.165, 1.54) is 17.0 Å². The first-order valence-corrected chi connectivity index (χ1v) is 8.78. The Bertz CT molecular complexity index is 1010. The van der Waals surface area contributed by atoms with Crippen LogP contribution >= 0.6 is 0 Å². The van der Waals surface area contributed by atoms with E-state index in [1.807, 2.05) is 66.7 Å².